The van der Waals surface area contributed by atoms with E-state index in [4.69, 9.17) is 25.8 Å². The van der Waals surface area contributed by atoms with Crippen LogP contribution < -0.4 is 19.5 Å². The summed E-state index contributed by atoms with van der Waals surface area (Å²) in [5.41, 5.74) is 2.64. The molecule has 0 unspecified atom stereocenters. The molecule has 29 heavy (non-hydrogen) atoms. The molecular weight excluding hydrogens is 392 g/mol. The highest BCUT2D eigenvalue weighted by Crippen LogP contribution is 2.33. The smallest absolute Gasteiger partial charge is 0.251 e. The second kappa shape index (κ2) is 9.30. The zero-order chi connectivity index (χ0) is 20.8. The van der Waals surface area contributed by atoms with Gasteiger partial charge in [-0.05, 0) is 48.0 Å². The summed E-state index contributed by atoms with van der Waals surface area (Å²) >= 11 is 6.24. The Morgan fingerprint density at radius 1 is 1.00 bits per heavy atom. The van der Waals surface area contributed by atoms with E-state index in [2.05, 4.69) is 10.3 Å². The van der Waals surface area contributed by atoms with Crippen LogP contribution in [0.2, 0.25) is 5.02 Å². The average Bonchev–Trinajstić information content (AvgIpc) is 2.77. The number of amides is 1. The average molecular weight is 413 g/mol. The summed E-state index contributed by atoms with van der Waals surface area (Å²) in [6, 6.07) is 14.1. The van der Waals surface area contributed by atoms with Crippen molar-refractivity contribution in [2.45, 2.75) is 6.54 Å². The number of carbonyl (C=O) groups excluding carboxylic acids is 1. The van der Waals surface area contributed by atoms with Crippen molar-refractivity contribution >= 4 is 17.5 Å². The maximum absolute atomic E-state index is 12.6. The molecule has 0 aliphatic heterocycles. The van der Waals surface area contributed by atoms with E-state index in [0.29, 0.717) is 45.6 Å². The Bertz CT molecular complexity index is 1000. The number of hydrogen-bond donors (Lipinski definition) is 1. The number of pyridine rings is 1. The number of carbonyl (C=O) groups is 1. The topological polar surface area (TPSA) is 69.7 Å². The predicted molar refractivity (Wildman–Crippen MR) is 112 cm³/mol. The highest BCUT2D eigenvalue weighted by atomic mass is 35.5. The summed E-state index contributed by atoms with van der Waals surface area (Å²) in [5, 5.41) is 3.40. The molecule has 0 saturated heterocycles. The largest absolute Gasteiger partial charge is 0.497 e. The van der Waals surface area contributed by atoms with E-state index in [-0.39, 0.29) is 5.91 Å². The minimum atomic E-state index is -0.233. The monoisotopic (exact) mass is 412 g/mol. The van der Waals surface area contributed by atoms with Gasteiger partial charge in [-0.1, -0.05) is 11.6 Å². The lowest BCUT2D eigenvalue weighted by molar-refractivity contribution is 0.0950. The first kappa shape index (κ1) is 20.5. The second-order valence-corrected chi connectivity index (χ2v) is 6.56. The molecule has 6 nitrogen and oxygen atoms in total. The van der Waals surface area contributed by atoms with Gasteiger partial charge in [0.15, 0.2) is 0 Å². The number of ether oxygens (including phenoxy) is 3. The van der Waals surface area contributed by atoms with Gasteiger partial charge in [-0.3, -0.25) is 9.78 Å². The molecule has 1 heterocycles. The van der Waals surface area contributed by atoms with Crippen molar-refractivity contribution in [1.82, 2.24) is 10.3 Å². The van der Waals surface area contributed by atoms with E-state index in [1.807, 2.05) is 12.1 Å². The van der Waals surface area contributed by atoms with Gasteiger partial charge in [0.25, 0.3) is 5.91 Å². The first-order chi connectivity index (χ1) is 14.0. The van der Waals surface area contributed by atoms with Gasteiger partial charge >= 0.3 is 0 Å². The highest BCUT2D eigenvalue weighted by molar-refractivity contribution is 6.33. The molecule has 0 aliphatic carbocycles. The molecule has 1 amide bonds. The van der Waals surface area contributed by atoms with Gasteiger partial charge in [-0.2, -0.15) is 0 Å². The molecule has 1 N–H and O–H groups in total. The van der Waals surface area contributed by atoms with E-state index in [0.717, 1.165) is 5.56 Å². The first-order valence-corrected chi connectivity index (χ1v) is 9.22. The summed E-state index contributed by atoms with van der Waals surface area (Å²) in [6.07, 6.45) is 1.66. The van der Waals surface area contributed by atoms with Crippen molar-refractivity contribution < 1.29 is 19.0 Å². The lowest BCUT2D eigenvalue weighted by Gasteiger charge is -2.12. The van der Waals surface area contributed by atoms with Crippen LogP contribution in [0.1, 0.15) is 15.9 Å². The molecule has 0 saturated carbocycles. The van der Waals surface area contributed by atoms with Crippen LogP contribution in [0.4, 0.5) is 0 Å². The molecule has 1 aromatic heterocycles. The number of benzene rings is 2. The third-order valence-electron chi connectivity index (χ3n) is 4.34. The maximum Gasteiger partial charge on any atom is 0.251 e. The van der Waals surface area contributed by atoms with Crippen LogP contribution in [-0.2, 0) is 6.54 Å². The third-order valence-corrected chi connectivity index (χ3v) is 4.65. The van der Waals surface area contributed by atoms with Crippen LogP contribution >= 0.6 is 11.6 Å². The quantitative estimate of drug-likeness (QED) is 0.624. The highest BCUT2D eigenvalue weighted by Gasteiger charge is 2.14. The number of methoxy groups -OCH3 is 3. The molecule has 3 rings (SSSR count). The Hall–Kier alpha value is -3.25. The molecule has 3 aromatic rings. The molecule has 0 radical (unpaired) electrons. The fourth-order valence-corrected chi connectivity index (χ4v) is 3.09. The first-order valence-electron chi connectivity index (χ1n) is 8.84. The minimum absolute atomic E-state index is 0.233. The van der Waals surface area contributed by atoms with Crippen molar-refractivity contribution in [1.29, 1.82) is 0 Å². The van der Waals surface area contributed by atoms with Gasteiger partial charge in [-0.25, -0.2) is 0 Å². The summed E-state index contributed by atoms with van der Waals surface area (Å²) in [5.74, 6) is 1.60. The fourth-order valence-electron chi connectivity index (χ4n) is 2.86. The standard InChI is InChI=1S/C22H21ClN2O4/c1-27-16-9-14(10-17(12-16)28-2)13-25-22(26)15-6-7-18(20(11-15)29-3)21-19(23)5-4-8-24-21/h4-12H,13H2,1-3H3,(H,25,26). The van der Waals surface area contributed by atoms with Crippen LogP contribution in [0.25, 0.3) is 11.3 Å². The predicted octanol–water partition coefficient (Wildman–Crippen LogP) is 4.36. The normalized spacial score (nSPS) is 10.3. The van der Waals surface area contributed by atoms with Crippen molar-refractivity contribution in [3.63, 3.8) is 0 Å². The second-order valence-electron chi connectivity index (χ2n) is 6.15. The molecule has 2 aromatic carbocycles. The van der Waals surface area contributed by atoms with Gasteiger partial charge in [0.1, 0.15) is 17.2 Å². The molecule has 0 bridgehead atoms. The lowest BCUT2D eigenvalue weighted by atomic mass is 10.1. The molecule has 0 fully saturated rings. The number of nitrogens with one attached hydrogen (secondary N) is 1. The number of halogens is 1. The molecule has 0 atom stereocenters. The Kier molecular flexibility index (Phi) is 6.57. The van der Waals surface area contributed by atoms with Crippen LogP contribution in [0.15, 0.2) is 54.7 Å². The summed E-state index contributed by atoms with van der Waals surface area (Å²) < 4.78 is 16.0. The van der Waals surface area contributed by atoms with E-state index >= 15 is 0 Å². The maximum atomic E-state index is 12.6. The lowest BCUT2D eigenvalue weighted by Crippen LogP contribution is -2.22. The number of aromatic nitrogens is 1. The van der Waals surface area contributed by atoms with E-state index < -0.39 is 0 Å². The van der Waals surface area contributed by atoms with Crippen molar-refractivity contribution in [2.24, 2.45) is 0 Å². The van der Waals surface area contributed by atoms with Gasteiger partial charge in [-0.15, -0.1) is 0 Å². The number of rotatable bonds is 7. The van der Waals surface area contributed by atoms with Crippen molar-refractivity contribution in [3.05, 3.63) is 70.9 Å². The Labute approximate surface area is 174 Å². The van der Waals surface area contributed by atoms with Crippen LogP contribution in [0.5, 0.6) is 17.2 Å². The molecular formula is C22H21ClN2O4. The van der Waals surface area contributed by atoms with Crippen LogP contribution in [0.3, 0.4) is 0 Å². The van der Waals surface area contributed by atoms with Gasteiger partial charge in [0, 0.05) is 29.9 Å². The van der Waals surface area contributed by atoms with Crippen LogP contribution in [-0.4, -0.2) is 32.2 Å². The van der Waals surface area contributed by atoms with Gasteiger partial charge in [0.2, 0.25) is 0 Å². The van der Waals surface area contributed by atoms with E-state index in [1.165, 1.54) is 0 Å². The Morgan fingerprint density at radius 2 is 1.72 bits per heavy atom. The van der Waals surface area contributed by atoms with E-state index in [1.54, 1.807) is 63.9 Å². The minimum Gasteiger partial charge on any atom is -0.497 e. The summed E-state index contributed by atoms with van der Waals surface area (Å²) in [6.45, 7) is 0.322. The van der Waals surface area contributed by atoms with Crippen LogP contribution in [0, 0.1) is 0 Å². The van der Waals surface area contributed by atoms with Crippen molar-refractivity contribution in [2.75, 3.05) is 21.3 Å². The van der Waals surface area contributed by atoms with Gasteiger partial charge < -0.3 is 19.5 Å². The SMILES string of the molecule is COc1cc(CNC(=O)c2ccc(-c3ncccc3Cl)c(OC)c2)cc(OC)c1. The Balaban J connectivity index is 1.79. The zero-order valence-electron chi connectivity index (χ0n) is 16.4. The molecule has 7 heteroatoms. The van der Waals surface area contributed by atoms with Gasteiger partial charge in [0.05, 0.1) is 32.0 Å². The summed E-state index contributed by atoms with van der Waals surface area (Å²) in [4.78, 5) is 16.9. The zero-order valence-corrected chi connectivity index (χ0v) is 17.1. The number of hydrogen-bond acceptors (Lipinski definition) is 5. The third kappa shape index (κ3) is 4.78. The Morgan fingerprint density at radius 3 is 2.34 bits per heavy atom. The summed E-state index contributed by atoms with van der Waals surface area (Å²) in [7, 11) is 4.71. The molecule has 150 valence electrons. The van der Waals surface area contributed by atoms with E-state index in [9.17, 15) is 4.79 Å². The number of nitrogens with zero attached hydrogens (tertiary/aromatic N) is 1. The fraction of sp³-hybridized carbons (Fsp3) is 0.182. The molecule has 0 aliphatic rings. The van der Waals surface area contributed by atoms with Crippen molar-refractivity contribution in [3.8, 4) is 28.5 Å². The molecule has 0 spiro atoms.